The lowest BCUT2D eigenvalue weighted by atomic mass is 9.86. The number of nitrogens with one attached hydrogen (secondary N) is 1. The van der Waals surface area contributed by atoms with Gasteiger partial charge in [-0.15, -0.1) is 22.7 Å². The van der Waals surface area contributed by atoms with Crippen molar-refractivity contribution in [1.29, 1.82) is 0 Å². The Morgan fingerprint density at radius 1 is 1.04 bits per heavy atom. The topological polar surface area (TPSA) is 79.3 Å². The average molecular weight is 386 g/mol. The lowest BCUT2D eigenvalue weighted by Crippen LogP contribution is -2.38. The second-order valence-corrected chi connectivity index (χ2v) is 8.63. The van der Waals surface area contributed by atoms with Crippen LogP contribution in [0.2, 0.25) is 0 Å². The summed E-state index contributed by atoms with van der Waals surface area (Å²) in [5.41, 5.74) is 0.974. The van der Waals surface area contributed by atoms with E-state index in [9.17, 15) is 9.59 Å². The highest BCUT2D eigenvalue weighted by Gasteiger charge is 2.27. The summed E-state index contributed by atoms with van der Waals surface area (Å²) in [6.07, 6.45) is 2.70. The molecule has 2 aromatic heterocycles. The third-order valence-electron chi connectivity index (χ3n) is 4.75. The quantitative estimate of drug-likeness (QED) is 0.697. The molecule has 0 spiro atoms. The van der Waals surface area contributed by atoms with Gasteiger partial charge in [0, 0.05) is 6.04 Å². The van der Waals surface area contributed by atoms with Crippen LogP contribution in [0.15, 0.2) is 36.4 Å². The van der Waals surface area contributed by atoms with Gasteiger partial charge in [-0.1, -0.05) is 12.1 Å². The van der Waals surface area contributed by atoms with E-state index in [4.69, 9.17) is 5.11 Å². The van der Waals surface area contributed by atoms with Crippen LogP contribution in [0, 0.1) is 5.92 Å². The molecule has 7 heteroatoms. The molecule has 26 heavy (non-hydrogen) atoms. The molecule has 2 heterocycles. The van der Waals surface area contributed by atoms with Crippen molar-refractivity contribution < 1.29 is 14.7 Å². The second-order valence-electron chi connectivity index (χ2n) is 6.51. The number of amides is 1. The fourth-order valence-corrected chi connectivity index (χ4v) is 5.22. The van der Waals surface area contributed by atoms with Gasteiger partial charge in [0.2, 0.25) is 0 Å². The molecule has 2 N–H and O–H groups in total. The fourth-order valence-electron chi connectivity index (χ4n) is 3.29. The zero-order valence-electron chi connectivity index (χ0n) is 14.0. The molecule has 4 rings (SSSR count). The first kappa shape index (κ1) is 17.2. The predicted octanol–water partition coefficient (Wildman–Crippen LogP) is 4.40. The Kier molecular flexibility index (Phi) is 4.74. The zero-order chi connectivity index (χ0) is 18.1. The van der Waals surface area contributed by atoms with Gasteiger partial charge in [0.25, 0.3) is 5.91 Å². The Morgan fingerprint density at radius 2 is 1.81 bits per heavy atom. The number of hydrogen-bond donors (Lipinski definition) is 2. The van der Waals surface area contributed by atoms with Crippen LogP contribution in [0.1, 0.15) is 35.4 Å². The van der Waals surface area contributed by atoms with Gasteiger partial charge in [0.1, 0.15) is 5.01 Å². The van der Waals surface area contributed by atoms with Gasteiger partial charge < -0.3 is 10.4 Å². The van der Waals surface area contributed by atoms with E-state index in [1.54, 1.807) is 11.3 Å². The van der Waals surface area contributed by atoms with Crippen molar-refractivity contribution in [2.75, 3.05) is 0 Å². The highest BCUT2D eigenvalue weighted by atomic mass is 32.1. The Bertz CT molecular complexity index is 922. The fraction of sp³-hybridized carbons (Fsp3) is 0.316. The van der Waals surface area contributed by atoms with Crippen molar-refractivity contribution in [3.05, 3.63) is 41.3 Å². The number of aliphatic carboxylic acids is 1. The smallest absolute Gasteiger partial charge is 0.306 e. The number of thiophene rings is 1. The van der Waals surface area contributed by atoms with Crippen LogP contribution in [0.5, 0.6) is 0 Å². The Labute approximate surface area is 158 Å². The maximum absolute atomic E-state index is 12.5. The average Bonchev–Trinajstić information content (AvgIpc) is 3.29. The Balaban J connectivity index is 1.43. The second kappa shape index (κ2) is 7.17. The number of fused-ring (bicyclic) bond motifs is 1. The molecule has 0 atom stereocenters. The molecular formula is C19H18N2O3S2. The monoisotopic (exact) mass is 386 g/mol. The van der Waals surface area contributed by atoms with E-state index in [0.29, 0.717) is 17.7 Å². The van der Waals surface area contributed by atoms with E-state index in [-0.39, 0.29) is 17.9 Å². The lowest BCUT2D eigenvalue weighted by molar-refractivity contribution is -0.142. The van der Waals surface area contributed by atoms with E-state index in [2.05, 4.69) is 10.3 Å². The molecule has 1 aliphatic rings. The van der Waals surface area contributed by atoms with E-state index >= 15 is 0 Å². The number of thiazole rings is 1. The maximum atomic E-state index is 12.5. The highest BCUT2D eigenvalue weighted by molar-refractivity contribution is 7.26. The summed E-state index contributed by atoms with van der Waals surface area (Å²) in [4.78, 5) is 29.8. The number of carbonyl (C=O) groups is 2. The van der Waals surface area contributed by atoms with Crippen LogP contribution in [0.25, 0.3) is 20.1 Å². The van der Waals surface area contributed by atoms with E-state index in [0.717, 1.165) is 32.9 Å². The number of carboxylic acids is 1. The number of carboxylic acid groups (broad SMARTS) is 1. The predicted molar refractivity (Wildman–Crippen MR) is 104 cm³/mol. The number of nitrogens with zero attached hydrogens (tertiary/aromatic N) is 1. The van der Waals surface area contributed by atoms with Crippen LogP contribution in [0.3, 0.4) is 0 Å². The Hall–Kier alpha value is -2.25. The number of hydrogen-bond acceptors (Lipinski definition) is 5. The molecule has 1 saturated carbocycles. The van der Waals surface area contributed by atoms with Crippen molar-refractivity contribution in [3.8, 4) is 9.88 Å². The molecule has 1 fully saturated rings. The summed E-state index contributed by atoms with van der Waals surface area (Å²) >= 11 is 3.07. The van der Waals surface area contributed by atoms with Gasteiger partial charge in [-0.3, -0.25) is 9.59 Å². The standard InChI is InChI=1S/C19H18N2O3S2/c22-17(20-12-7-5-11(6-8-12)19(23)24)15-9-10-16(25-15)18-21-13-3-1-2-4-14(13)26-18/h1-4,9-12H,5-8H2,(H,20,22)(H,23,24). The first-order valence-corrected chi connectivity index (χ1v) is 10.2. The van der Waals surface area contributed by atoms with Gasteiger partial charge in [-0.2, -0.15) is 0 Å². The van der Waals surface area contributed by atoms with Crippen LogP contribution < -0.4 is 5.32 Å². The van der Waals surface area contributed by atoms with E-state index in [1.807, 2.05) is 36.4 Å². The summed E-state index contributed by atoms with van der Waals surface area (Å²) < 4.78 is 1.14. The molecule has 0 radical (unpaired) electrons. The number of para-hydroxylation sites is 1. The van der Waals surface area contributed by atoms with Crippen molar-refractivity contribution in [2.24, 2.45) is 5.92 Å². The minimum atomic E-state index is -0.728. The molecule has 1 amide bonds. The first-order chi connectivity index (χ1) is 12.6. The largest absolute Gasteiger partial charge is 0.481 e. The summed E-state index contributed by atoms with van der Waals surface area (Å²) in [6.45, 7) is 0. The maximum Gasteiger partial charge on any atom is 0.306 e. The van der Waals surface area contributed by atoms with E-state index in [1.165, 1.54) is 11.3 Å². The van der Waals surface area contributed by atoms with E-state index < -0.39 is 5.97 Å². The van der Waals surface area contributed by atoms with Gasteiger partial charge in [-0.05, 0) is 49.9 Å². The van der Waals surface area contributed by atoms with Gasteiger partial charge in [0.05, 0.1) is 25.9 Å². The van der Waals surface area contributed by atoms with Crippen molar-refractivity contribution >= 4 is 44.8 Å². The SMILES string of the molecule is O=C(NC1CCC(C(=O)O)CC1)c1ccc(-c2nc3ccccc3s2)s1. The normalized spacial score (nSPS) is 20.2. The summed E-state index contributed by atoms with van der Waals surface area (Å²) in [6, 6.07) is 11.8. The number of benzene rings is 1. The van der Waals surface area contributed by atoms with Crippen LogP contribution in [0.4, 0.5) is 0 Å². The minimum absolute atomic E-state index is 0.0612. The van der Waals surface area contributed by atoms with Gasteiger partial charge in [0.15, 0.2) is 0 Å². The molecule has 1 aromatic carbocycles. The van der Waals surface area contributed by atoms with Crippen LogP contribution in [-0.4, -0.2) is 28.0 Å². The third-order valence-corrected chi connectivity index (χ3v) is 7.04. The first-order valence-electron chi connectivity index (χ1n) is 8.59. The summed E-state index contributed by atoms with van der Waals surface area (Å²) in [5, 5.41) is 13.0. The minimum Gasteiger partial charge on any atom is -0.481 e. The molecule has 0 saturated heterocycles. The van der Waals surface area contributed by atoms with Crippen LogP contribution >= 0.6 is 22.7 Å². The number of aromatic nitrogens is 1. The lowest BCUT2D eigenvalue weighted by Gasteiger charge is -2.26. The molecule has 5 nitrogen and oxygen atoms in total. The summed E-state index contributed by atoms with van der Waals surface area (Å²) in [7, 11) is 0. The number of carbonyl (C=O) groups excluding carboxylic acids is 1. The van der Waals surface area contributed by atoms with Gasteiger partial charge >= 0.3 is 5.97 Å². The Morgan fingerprint density at radius 3 is 2.54 bits per heavy atom. The zero-order valence-corrected chi connectivity index (χ0v) is 15.6. The molecular weight excluding hydrogens is 368 g/mol. The molecule has 0 unspecified atom stereocenters. The van der Waals surface area contributed by atoms with Gasteiger partial charge in [-0.25, -0.2) is 4.98 Å². The molecule has 0 aliphatic heterocycles. The van der Waals surface area contributed by atoms with Crippen molar-refractivity contribution in [2.45, 2.75) is 31.7 Å². The molecule has 1 aliphatic carbocycles. The molecule has 3 aromatic rings. The van der Waals surface area contributed by atoms with Crippen molar-refractivity contribution in [3.63, 3.8) is 0 Å². The highest BCUT2D eigenvalue weighted by Crippen LogP contribution is 2.34. The molecule has 134 valence electrons. The summed E-state index contributed by atoms with van der Waals surface area (Å²) in [5.74, 6) is -1.08. The van der Waals surface area contributed by atoms with Crippen LogP contribution in [-0.2, 0) is 4.79 Å². The number of rotatable bonds is 4. The van der Waals surface area contributed by atoms with Crippen molar-refractivity contribution in [1.82, 2.24) is 10.3 Å². The third kappa shape index (κ3) is 3.50. The molecule has 0 bridgehead atoms.